The van der Waals surface area contributed by atoms with Gasteiger partial charge in [0.25, 0.3) is 5.91 Å². The van der Waals surface area contributed by atoms with Gasteiger partial charge < -0.3 is 15.8 Å². The molecule has 0 fully saturated rings. The zero-order chi connectivity index (χ0) is 14.5. The average Bonchev–Trinajstić information content (AvgIpc) is 2.41. The fraction of sp³-hybridized carbons (Fsp3) is 0.200. The molecule has 0 saturated carbocycles. The first-order chi connectivity index (χ1) is 9.58. The highest BCUT2D eigenvalue weighted by Crippen LogP contribution is 2.25. The SMILES string of the molecule is CC(C)Oc1ccccc1NC(=O)c1ncccc1N. The molecule has 5 heteroatoms. The smallest absolute Gasteiger partial charge is 0.276 e. The van der Waals surface area contributed by atoms with Crippen LogP contribution in [0.2, 0.25) is 0 Å². The quantitative estimate of drug-likeness (QED) is 0.896. The van der Waals surface area contributed by atoms with Gasteiger partial charge in [-0.1, -0.05) is 12.1 Å². The first kappa shape index (κ1) is 13.9. The number of hydrogen-bond donors (Lipinski definition) is 2. The lowest BCUT2D eigenvalue weighted by molar-refractivity contribution is 0.102. The van der Waals surface area contributed by atoms with Crippen molar-refractivity contribution in [1.82, 2.24) is 4.98 Å². The Morgan fingerprint density at radius 3 is 2.70 bits per heavy atom. The highest BCUT2D eigenvalue weighted by atomic mass is 16.5. The van der Waals surface area contributed by atoms with E-state index in [1.54, 1.807) is 24.3 Å². The van der Waals surface area contributed by atoms with Crippen LogP contribution in [0.1, 0.15) is 24.3 Å². The van der Waals surface area contributed by atoms with Crippen LogP contribution in [-0.2, 0) is 0 Å². The summed E-state index contributed by atoms with van der Waals surface area (Å²) in [7, 11) is 0. The predicted octanol–water partition coefficient (Wildman–Crippen LogP) is 2.70. The van der Waals surface area contributed by atoms with Gasteiger partial charge in [0, 0.05) is 6.20 Å². The number of nitrogens with two attached hydrogens (primary N) is 1. The lowest BCUT2D eigenvalue weighted by atomic mass is 10.2. The van der Waals surface area contributed by atoms with E-state index < -0.39 is 0 Å². The first-order valence-electron chi connectivity index (χ1n) is 6.35. The number of anilines is 2. The molecule has 1 aromatic carbocycles. The molecule has 0 aliphatic rings. The second-order valence-electron chi connectivity index (χ2n) is 4.56. The molecule has 1 aromatic heterocycles. The molecule has 1 amide bonds. The van der Waals surface area contributed by atoms with Gasteiger partial charge >= 0.3 is 0 Å². The van der Waals surface area contributed by atoms with Crippen molar-refractivity contribution in [3.63, 3.8) is 0 Å². The number of para-hydroxylation sites is 2. The number of benzene rings is 1. The molecule has 5 nitrogen and oxygen atoms in total. The fourth-order valence-corrected chi connectivity index (χ4v) is 1.72. The monoisotopic (exact) mass is 271 g/mol. The number of nitrogens with zero attached hydrogens (tertiary/aromatic N) is 1. The summed E-state index contributed by atoms with van der Waals surface area (Å²) < 4.78 is 5.65. The van der Waals surface area contributed by atoms with Crippen LogP contribution in [0, 0.1) is 0 Å². The number of ether oxygens (including phenoxy) is 1. The summed E-state index contributed by atoms with van der Waals surface area (Å²) in [5.41, 5.74) is 6.87. The molecule has 0 radical (unpaired) electrons. The Bertz CT molecular complexity index is 612. The van der Waals surface area contributed by atoms with E-state index in [1.807, 2.05) is 26.0 Å². The number of aromatic nitrogens is 1. The van der Waals surface area contributed by atoms with Crippen molar-refractivity contribution in [3.05, 3.63) is 48.3 Å². The van der Waals surface area contributed by atoms with E-state index in [0.29, 0.717) is 17.1 Å². The Hall–Kier alpha value is -2.56. The summed E-state index contributed by atoms with van der Waals surface area (Å²) >= 11 is 0. The highest BCUT2D eigenvalue weighted by molar-refractivity contribution is 6.06. The molecule has 104 valence electrons. The van der Waals surface area contributed by atoms with Crippen molar-refractivity contribution in [2.24, 2.45) is 0 Å². The van der Waals surface area contributed by atoms with E-state index in [0.717, 1.165) is 0 Å². The van der Waals surface area contributed by atoms with Crippen molar-refractivity contribution in [1.29, 1.82) is 0 Å². The van der Waals surface area contributed by atoms with Crippen molar-refractivity contribution < 1.29 is 9.53 Å². The Morgan fingerprint density at radius 2 is 2.00 bits per heavy atom. The van der Waals surface area contributed by atoms with Gasteiger partial charge in [-0.15, -0.1) is 0 Å². The van der Waals surface area contributed by atoms with Gasteiger partial charge in [0.1, 0.15) is 5.75 Å². The maximum absolute atomic E-state index is 12.2. The van der Waals surface area contributed by atoms with Gasteiger partial charge in [-0.3, -0.25) is 4.79 Å². The molecular formula is C15H17N3O2. The van der Waals surface area contributed by atoms with Crippen molar-refractivity contribution in [2.75, 3.05) is 11.1 Å². The summed E-state index contributed by atoms with van der Waals surface area (Å²) in [4.78, 5) is 16.2. The lowest BCUT2D eigenvalue weighted by Gasteiger charge is -2.14. The summed E-state index contributed by atoms with van der Waals surface area (Å²) in [6.45, 7) is 3.85. The van der Waals surface area contributed by atoms with E-state index in [1.165, 1.54) is 6.20 Å². The van der Waals surface area contributed by atoms with Crippen LogP contribution in [0.3, 0.4) is 0 Å². The van der Waals surface area contributed by atoms with E-state index in [4.69, 9.17) is 10.5 Å². The molecule has 20 heavy (non-hydrogen) atoms. The molecule has 0 bridgehead atoms. The molecule has 1 heterocycles. The highest BCUT2D eigenvalue weighted by Gasteiger charge is 2.13. The Kier molecular flexibility index (Phi) is 4.20. The molecular weight excluding hydrogens is 254 g/mol. The van der Waals surface area contributed by atoms with Gasteiger partial charge in [-0.25, -0.2) is 4.98 Å². The number of rotatable bonds is 4. The maximum atomic E-state index is 12.2. The van der Waals surface area contributed by atoms with Crippen LogP contribution in [-0.4, -0.2) is 17.0 Å². The Morgan fingerprint density at radius 1 is 1.25 bits per heavy atom. The zero-order valence-corrected chi connectivity index (χ0v) is 11.5. The van der Waals surface area contributed by atoms with Crippen LogP contribution >= 0.6 is 0 Å². The number of carbonyl (C=O) groups excluding carboxylic acids is 1. The van der Waals surface area contributed by atoms with Crippen LogP contribution in [0.25, 0.3) is 0 Å². The van der Waals surface area contributed by atoms with Crippen LogP contribution in [0.4, 0.5) is 11.4 Å². The van der Waals surface area contributed by atoms with Gasteiger partial charge in [0.2, 0.25) is 0 Å². The second kappa shape index (κ2) is 6.06. The minimum Gasteiger partial charge on any atom is -0.489 e. The predicted molar refractivity (Wildman–Crippen MR) is 78.8 cm³/mol. The van der Waals surface area contributed by atoms with Crippen LogP contribution in [0.15, 0.2) is 42.6 Å². The minimum atomic E-state index is -0.358. The Labute approximate surface area is 117 Å². The summed E-state index contributed by atoms with van der Waals surface area (Å²) in [5.74, 6) is 0.258. The topological polar surface area (TPSA) is 77.2 Å². The second-order valence-corrected chi connectivity index (χ2v) is 4.56. The third-order valence-electron chi connectivity index (χ3n) is 2.55. The standard InChI is InChI=1S/C15H17N3O2/c1-10(2)20-13-8-4-3-7-12(13)18-15(19)14-11(16)6-5-9-17-14/h3-10H,16H2,1-2H3,(H,18,19). The summed E-state index contributed by atoms with van der Waals surface area (Å²) in [6.07, 6.45) is 1.55. The molecule has 3 N–H and O–H groups in total. The van der Waals surface area contributed by atoms with Gasteiger partial charge in [0.05, 0.1) is 17.5 Å². The molecule has 0 saturated heterocycles. The number of pyridine rings is 1. The summed E-state index contributed by atoms with van der Waals surface area (Å²) in [6, 6.07) is 10.6. The number of nitrogen functional groups attached to an aromatic ring is 1. The molecule has 0 unspecified atom stereocenters. The molecule has 0 spiro atoms. The number of amides is 1. The minimum absolute atomic E-state index is 0.0213. The largest absolute Gasteiger partial charge is 0.489 e. The fourth-order valence-electron chi connectivity index (χ4n) is 1.72. The van der Waals surface area contributed by atoms with E-state index in [-0.39, 0.29) is 17.7 Å². The molecule has 0 aliphatic carbocycles. The zero-order valence-electron chi connectivity index (χ0n) is 11.5. The Balaban J connectivity index is 2.22. The lowest BCUT2D eigenvalue weighted by Crippen LogP contribution is -2.17. The van der Waals surface area contributed by atoms with Gasteiger partial charge in [0.15, 0.2) is 5.69 Å². The van der Waals surface area contributed by atoms with E-state index in [9.17, 15) is 4.79 Å². The third-order valence-corrected chi connectivity index (χ3v) is 2.55. The van der Waals surface area contributed by atoms with Crippen molar-refractivity contribution in [2.45, 2.75) is 20.0 Å². The molecule has 2 rings (SSSR count). The molecule has 0 atom stereocenters. The average molecular weight is 271 g/mol. The molecule has 2 aromatic rings. The van der Waals surface area contributed by atoms with Crippen molar-refractivity contribution in [3.8, 4) is 5.75 Å². The number of carbonyl (C=O) groups is 1. The van der Waals surface area contributed by atoms with Crippen molar-refractivity contribution >= 4 is 17.3 Å². The van der Waals surface area contributed by atoms with E-state index >= 15 is 0 Å². The van der Waals surface area contributed by atoms with E-state index in [2.05, 4.69) is 10.3 Å². The normalized spacial score (nSPS) is 10.3. The maximum Gasteiger partial charge on any atom is 0.276 e. The molecule has 0 aliphatic heterocycles. The van der Waals surface area contributed by atoms with Gasteiger partial charge in [-0.05, 0) is 38.1 Å². The summed E-state index contributed by atoms with van der Waals surface area (Å²) in [5, 5.41) is 2.77. The van der Waals surface area contributed by atoms with Crippen LogP contribution in [0.5, 0.6) is 5.75 Å². The van der Waals surface area contributed by atoms with Crippen LogP contribution < -0.4 is 15.8 Å². The number of nitrogens with one attached hydrogen (secondary N) is 1. The van der Waals surface area contributed by atoms with Gasteiger partial charge in [-0.2, -0.15) is 0 Å². The first-order valence-corrected chi connectivity index (χ1v) is 6.35. The third kappa shape index (κ3) is 3.26. The number of hydrogen-bond acceptors (Lipinski definition) is 4.